The normalized spacial score (nSPS) is 19.3. The lowest BCUT2D eigenvalue weighted by Gasteiger charge is -2.31. The third kappa shape index (κ3) is 8.57. The van der Waals surface area contributed by atoms with Gasteiger partial charge in [-0.25, -0.2) is 0 Å². The number of thiazole rings is 1. The number of benzene rings is 2. The van der Waals surface area contributed by atoms with E-state index in [0.717, 1.165) is 69.6 Å². The van der Waals surface area contributed by atoms with E-state index in [4.69, 9.17) is 0 Å². The van der Waals surface area contributed by atoms with Gasteiger partial charge in [-0.1, -0.05) is 53.4 Å². The number of para-hydroxylation sites is 2. The van der Waals surface area contributed by atoms with E-state index in [1.807, 2.05) is 36.4 Å². The average molecular weight is 715 g/mol. The Kier molecular flexibility index (Phi) is 10.6. The summed E-state index contributed by atoms with van der Waals surface area (Å²) in [6.45, 7) is 3.00. The van der Waals surface area contributed by atoms with Crippen LogP contribution in [0.1, 0.15) is 50.0 Å². The molecule has 0 spiro atoms. The van der Waals surface area contributed by atoms with Crippen LogP contribution in [-0.4, -0.2) is 62.0 Å². The Morgan fingerprint density at radius 3 is 2.34 bits per heavy atom. The fourth-order valence-electron chi connectivity index (χ4n) is 6.53. The van der Waals surface area contributed by atoms with Gasteiger partial charge in [0.1, 0.15) is 4.70 Å². The molecule has 9 nitrogen and oxygen atoms in total. The maximum Gasteiger partial charge on any atom is 0.265 e. The van der Waals surface area contributed by atoms with E-state index >= 15 is 0 Å². The van der Waals surface area contributed by atoms with Crippen molar-refractivity contribution >= 4 is 65.3 Å². The van der Waals surface area contributed by atoms with Crippen molar-refractivity contribution in [2.45, 2.75) is 56.4 Å². The fourth-order valence-corrected chi connectivity index (χ4v) is 9.70. The van der Waals surface area contributed by atoms with Crippen LogP contribution in [0.3, 0.4) is 0 Å². The van der Waals surface area contributed by atoms with Crippen molar-refractivity contribution in [3.8, 4) is 0 Å². The van der Waals surface area contributed by atoms with Crippen molar-refractivity contribution in [1.29, 1.82) is 0 Å². The summed E-state index contributed by atoms with van der Waals surface area (Å²) in [5.41, 5.74) is 5.95. The molecule has 250 valence electrons. The van der Waals surface area contributed by atoms with Gasteiger partial charge >= 0.3 is 0 Å². The molecule has 2 aliphatic heterocycles. The molecule has 13 heteroatoms. The number of likely N-dealkylation sites (tertiary alicyclic amines) is 1. The Morgan fingerprint density at radius 2 is 1.55 bits per heavy atom. The van der Waals surface area contributed by atoms with Gasteiger partial charge in [0.15, 0.2) is 6.54 Å². The monoisotopic (exact) mass is 714 g/mol. The molecule has 1 fully saturated rings. The predicted molar refractivity (Wildman–Crippen MR) is 191 cm³/mol. The standard InChI is InChI=1S/C34H39N3O6S4/c38-46(39,40)24-8-22-36-28-10-2-4-12-30(28)44-32(36)18-16-26-14-15-27(34(26)35-20-6-1-7-21-35)17-19-33-37(23-9-25-47(41,42)43)29-11-3-5-13-31(29)45-33/h2-5,10-13,16-19H,1,6-9,14-15,20-25H2,(H-,38,39,40,41,42,43)/p+1. The molecule has 0 saturated carbocycles. The lowest BCUT2D eigenvalue weighted by molar-refractivity contribution is -0.668. The third-order valence-corrected chi connectivity index (χ3v) is 12.5. The summed E-state index contributed by atoms with van der Waals surface area (Å²) in [5.74, 6) is -0.550. The summed E-state index contributed by atoms with van der Waals surface area (Å²) in [4.78, 5) is 5.79. The molecule has 3 heterocycles. The number of allylic oxidation sites excluding steroid dienone is 5. The molecule has 6 rings (SSSR count). The Morgan fingerprint density at radius 1 is 0.830 bits per heavy atom. The Hall–Kier alpha value is -2.94. The largest absolute Gasteiger partial charge is 0.371 e. The summed E-state index contributed by atoms with van der Waals surface area (Å²) in [6, 6.07) is 16.2. The molecular formula is C34H40N3O6S4+. The van der Waals surface area contributed by atoms with Crippen LogP contribution >= 0.6 is 23.1 Å². The first-order chi connectivity index (χ1) is 22.6. The SMILES string of the molecule is O=S(=O)(O)CCCN1C(=CC=C2CCC(C=Cc3sc4ccccc4[n+]3CCCS(=O)(=O)O)=C2N2CCCCC2)Sc2ccccc21. The van der Waals surface area contributed by atoms with Crippen LogP contribution in [0, 0.1) is 0 Å². The van der Waals surface area contributed by atoms with E-state index in [0.29, 0.717) is 25.9 Å². The zero-order valence-electron chi connectivity index (χ0n) is 26.1. The maximum absolute atomic E-state index is 11.4. The van der Waals surface area contributed by atoms with Crippen LogP contribution < -0.4 is 9.47 Å². The molecule has 0 unspecified atom stereocenters. The minimum absolute atomic E-state index is 0.275. The molecule has 0 bridgehead atoms. The van der Waals surface area contributed by atoms with Crippen LogP contribution in [0.5, 0.6) is 0 Å². The van der Waals surface area contributed by atoms with E-state index in [2.05, 4.69) is 50.8 Å². The first-order valence-corrected chi connectivity index (χ1v) is 20.8. The van der Waals surface area contributed by atoms with E-state index < -0.39 is 20.2 Å². The second-order valence-electron chi connectivity index (χ2n) is 12.0. The molecule has 0 amide bonds. The molecule has 0 atom stereocenters. The lowest BCUT2D eigenvalue weighted by Crippen LogP contribution is -2.36. The van der Waals surface area contributed by atoms with Gasteiger partial charge in [0.25, 0.3) is 25.2 Å². The highest BCUT2D eigenvalue weighted by Gasteiger charge is 2.28. The molecule has 1 saturated heterocycles. The van der Waals surface area contributed by atoms with Crippen LogP contribution in [0.25, 0.3) is 16.3 Å². The number of fused-ring (bicyclic) bond motifs is 2. The van der Waals surface area contributed by atoms with E-state index in [-0.39, 0.29) is 11.5 Å². The van der Waals surface area contributed by atoms with Gasteiger partial charge in [-0.15, -0.1) is 0 Å². The Balaban J connectivity index is 1.31. The number of hydrogen-bond donors (Lipinski definition) is 2. The average Bonchev–Trinajstić information content (AvgIpc) is 3.71. The summed E-state index contributed by atoms with van der Waals surface area (Å²) in [7, 11) is -8.05. The first-order valence-electron chi connectivity index (χ1n) is 16.0. The minimum Gasteiger partial charge on any atom is -0.371 e. The lowest BCUT2D eigenvalue weighted by atomic mass is 10.1. The van der Waals surface area contributed by atoms with Crippen molar-refractivity contribution in [3.05, 3.63) is 93.6 Å². The predicted octanol–water partition coefficient (Wildman–Crippen LogP) is 6.67. The zero-order valence-corrected chi connectivity index (χ0v) is 29.4. The number of nitrogens with zero attached hydrogens (tertiary/aromatic N) is 3. The van der Waals surface area contributed by atoms with E-state index in [1.54, 1.807) is 23.1 Å². The van der Waals surface area contributed by atoms with Crippen LogP contribution in [0.15, 0.2) is 93.5 Å². The first kappa shape index (κ1) is 33.9. The van der Waals surface area contributed by atoms with Gasteiger partial charge in [-0.3, -0.25) is 9.11 Å². The van der Waals surface area contributed by atoms with Crippen molar-refractivity contribution in [2.24, 2.45) is 0 Å². The number of aryl methyl sites for hydroxylation is 1. The maximum atomic E-state index is 11.4. The van der Waals surface area contributed by atoms with Crippen molar-refractivity contribution in [2.75, 3.05) is 36.0 Å². The van der Waals surface area contributed by atoms with Gasteiger partial charge in [-0.05, 0) is 80.0 Å². The smallest absolute Gasteiger partial charge is 0.265 e. The molecule has 2 N–H and O–H groups in total. The number of hydrogen-bond acceptors (Lipinski definition) is 8. The topological polar surface area (TPSA) is 119 Å². The number of thioether (sulfide) groups is 1. The van der Waals surface area contributed by atoms with Gasteiger partial charge < -0.3 is 9.80 Å². The minimum atomic E-state index is -4.03. The molecule has 3 aliphatic rings. The highest BCUT2D eigenvalue weighted by Crippen LogP contribution is 2.46. The molecular weight excluding hydrogens is 675 g/mol. The van der Waals surface area contributed by atoms with E-state index in [9.17, 15) is 25.9 Å². The Bertz CT molecular complexity index is 1970. The fraction of sp³-hybridized carbons (Fsp3) is 0.382. The van der Waals surface area contributed by atoms with Gasteiger partial charge in [0.05, 0.1) is 22.2 Å². The zero-order chi connectivity index (χ0) is 33.0. The second kappa shape index (κ2) is 14.7. The quantitative estimate of drug-likeness (QED) is 0.157. The molecule has 47 heavy (non-hydrogen) atoms. The summed E-state index contributed by atoms with van der Waals surface area (Å²) >= 11 is 3.35. The molecule has 1 aromatic heterocycles. The van der Waals surface area contributed by atoms with Crippen molar-refractivity contribution < 1.29 is 30.5 Å². The Labute approximate surface area is 285 Å². The van der Waals surface area contributed by atoms with E-state index in [1.165, 1.54) is 23.3 Å². The summed E-state index contributed by atoms with van der Waals surface area (Å²) in [6.07, 6.45) is 14.8. The molecule has 2 aromatic carbocycles. The number of aromatic nitrogens is 1. The van der Waals surface area contributed by atoms with Crippen molar-refractivity contribution in [3.63, 3.8) is 0 Å². The highest BCUT2D eigenvalue weighted by molar-refractivity contribution is 8.03. The van der Waals surface area contributed by atoms with Gasteiger partial charge in [0, 0.05) is 48.8 Å². The van der Waals surface area contributed by atoms with Crippen molar-refractivity contribution in [1.82, 2.24) is 4.90 Å². The number of piperidine rings is 1. The van der Waals surface area contributed by atoms with Gasteiger partial charge in [-0.2, -0.15) is 21.4 Å². The molecule has 3 aromatic rings. The van der Waals surface area contributed by atoms with Gasteiger partial charge in [0.2, 0.25) is 5.52 Å². The molecule has 0 radical (unpaired) electrons. The third-order valence-electron chi connectivity index (χ3n) is 8.64. The summed E-state index contributed by atoms with van der Waals surface area (Å²) in [5, 5.41) is 2.07. The number of anilines is 1. The van der Waals surface area contributed by atoms with Crippen LogP contribution in [0.4, 0.5) is 5.69 Å². The van der Waals surface area contributed by atoms with Crippen LogP contribution in [-0.2, 0) is 26.8 Å². The highest BCUT2D eigenvalue weighted by atomic mass is 32.2. The van der Waals surface area contributed by atoms with Crippen LogP contribution in [0.2, 0.25) is 0 Å². The summed E-state index contributed by atoms with van der Waals surface area (Å²) < 4.78 is 67.4. The second-order valence-corrected chi connectivity index (χ2v) is 17.3. The molecule has 1 aliphatic carbocycles. The number of rotatable bonds is 12.